The third-order valence-electron chi connectivity index (χ3n) is 3.67. The summed E-state index contributed by atoms with van der Waals surface area (Å²) < 4.78 is 13.2. The van der Waals surface area contributed by atoms with Gasteiger partial charge in [-0.15, -0.1) is 11.3 Å². The molecule has 0 aliphatic carbocycles. The molecule has 0 amide bonds. The molecule has 0 bridgehead atoms. The van der Waals surface area contributed by atoms with Crippen molar-refractivity contribution in [3.05, 3.63) is 41.8 Å². The fourth-order valence-corrected chi connectivity index (χ4v) is 3.42. The van der Waals surface area contributed by atoms with Gasteiger partial charge in [0.1, 0.15) is 22.8 Å². The molecule has 0 spiro atoms. The summed E-state index contributed by atoms with van der Waals surface area (Å²) in [5.41, 5.74) is 2.03. The van der Waals surface area contributed by atoms with Crippen molar-refractivity contribution in [2.75, 3.05) is 32.5 Å². The van der Waals surface area contributed by atoms with Crippen molar-refractivity contribution >= 4 is 27.4 Å². The number of halogens is 1. The van der Waals surface area contributed by atoms with Gasteiger partial charge in [-0.05, 0) is 17.7 Å². The molecule has 2 aromatic heterocycles. The maximum atomic E-state index is 13.2. The quantitative estimate of drug-likeness (QED) is 0.682. The molecule has 23 heavy (non-hydrogen) atoms. The SMILES string of the molecule is C[NH+](C)CCCNc1ncnc2scc(-c3ccc(F)cc3)c12. The molecule has 0 radical (unpaired) electrons. The maximum Gasteiger partial charge on any atom is 0.138 e. The Bertz CT molecular complexity index is 783. The zero-order valence-electron chi connectivity index (χ0n) is 13.3. The molecule has 0 unspecified atom stereocenters. The van der Waals surface area contributed by atoms with Crippen LogP contribution in [-0.2, 0) is 0 Å². The Morgan fingerprint density at radius 3 is 2.70 bits per heavy atom. The van der Waals surface area contributed by atoms with Gasteiger partial charge in [0.05, 0.1) is 26.0 Å². The van der Waals surface area contributed by atoms with Gasteiger partial charge in [-0.25, -0.2) is 14.4 Å². The van der Waals surface area contributed by atoms with E-state index in [9.17, 15) is 4.39 Å². The Morgan fingerprint density at radius 2 is 1.96 bits per heavy atom. The van der Waals surface area contributed by atoms with Crippen LogP contribution >= 0.6 is 11.3 Å². The third-order valence-corrected chi connectivity index (χ3v) is 4.56. The van der Waals surface area contributed by atoms with Gasteiger partial charge in [0, 0.05) is 23.9 Å². The Morgan fingerprint density at radius 1 is 1.17 bits per heavy atom. The monoisotopic (exact) mass is 331 g/mol. The molecule has 0 atom stereocenters. The van der Waals surface area contributed by atoms with E-state index in [1.807, 2.05) is 0 Å². The summed E-state index contributed by atoms with van der Waals surface area (Å²) in [6.07, 6.45) is 2.66. The lowest BCUT2D eigenvalue weighted by molar-refractivity contribution is -0.858. The Labute approximate surface area is 139 Å². The molecule has 3 aromatic rings. The van der Waals surface area contributed by atoms with Crippen LogP contribution < -0.4 is 10.2 Å². The van der Waals surface area contributed by atoms with E-state index in [4.69, 9.17) is 0 Å². The van der Waals surface area contributed by atoms with E-state index in [0.29, 0.717) is 0 Å². The van der Waals surface area contributed by atoms with Crippen molar-refractivity contribution in [3.8, 4) is 11.1 Å². The zero-order valence-corrected chi connectivity index (χ0v) is 14.1. The zero-order chi connectivity index (χ0) is 16.2. The van der Waals surface area contributed by atoms with Gasteiger partial charge in [-0.3, -0.25) is 0 Å². The summed E-state index contributed by atoms with van der Waals surface area (Å²) >= 11 is 1.58. The van der Waals surface area contributed by atoms with Crippen LogP contribution in [0.15, 0.2) is 36.0 Å². The summed E-state index contributed by atoms with van der Waals surface area (Å²) in [6, 6.07) is 6.55. The van der Waals surface area contributed by atoms with E-state index in [0.717, 1.165) is 46.7 Å². The topological polar surface area (TPSA) is 42.2 Å². The molecule has 120 valence electrons. The molecular formula is C17H20FN4S+. The number of thiophene rings is 1. The molecule has 4 nitrogen and oxygen atoms in total. The average Bonchev–Trinajstić information content (AvgIpc) is 2.97. The van der Waals surface area contributed by atoms with Crippen LogP contribution in [0.4, 0.5) is 10.2 Å². The van der Waals surface area contributed by atoms with Crippen molar-refractivity contribution in [2.24, 2.45) is 0 Å². The number of hydrogen-bond acceptors (Lipinski definition) is 4. The van der Waals surface area contributed by atoms with Gasteiger partial charge in [0.2, 0.25) is 0 Å². The molecular weight excluding hydrogens is 311 g/mol. The van der Waals surface area contributed by atoms with E-state index in [-0.39, 0.29) is 5.82 Å². The van der Waals surface area contributed by atoms with Crippen molar-refractivity contribution in [1.29, 1.82) is 0 Å². The van der Waals surface area contributed by atoms with E-state index >= 15 is 0 Å². The summed E-state index contributed by atoms with van der Waals surface area (Å²) in [7, 11) is 4.29. The molecule has 2 heterocycles. The minimum Gasteiger partial charge on any atom is -0.369 e. The maximum absolute atomic E-state index is 13.2. The van der Waals surface area contributed by atoms with Crippen molar-refractivity contribution in [2.45, 2.75) is 6.42 Å². The minimum absolute atomic E-state index is 0.228. The number of fused-ring (bicyclic) bond motifs is 1. The van der Waals surface area contributed by atoms with Gasteiger partial charge in [0.15, 0.2) is 0 Å². The Balaban J connectivity index is 1.89. The Kier molecular flexibility index (Phi) is 4.83. The number of nitrogens with one attached hydrogen (secondary N) is 2. The summed E-state index contributed by atoms with van der Waals surface area (Å²) in [5, 5.41) is 6.49. The number of anilines is 1. The van der Waals surface area contributed by atoms with Crippen LogP contribution in [-0.4, -0.2) is 37.2 Å². The summed E-state index contributed by atoms with van der Waals surface area (Å²) in [5.74, 6) is 0.624. The smallest absolute Gasteiger partial charge is 0.138 e. The number of rotatable bonds is 6. The predicted octanol–water partition coefficient (Wildman–Crippen LogP) is 2.44. The first-order chi connectivity index (χ1) is 11.1. The highest BCUT2D eigenvalue weighted by molar-refractivity contribution is 7.17. The Hall–Kier alpha value is -2.05. The third kappa shape index (κ3) is 3.65. The van der Waals surface area contributed by atoms with Gasteiger partial charge in [-0.2, -0.15) is 0 Å². The molecule has 0 fully saturated rings. The predicted molar refractivity (Wildman–Crippen MR) is 93.6 cm³/mol. The lowest BCUT2D eigenvalue weighted by atomic mass is 10.1. The van der Waals surface area contributed by atoms with E-state index in [1.165, 1.54) is 17.0 Å². The molecule has 2 N–H and O–H groups in total. The standard InChI is InChI=1S/C17H19FN4S/c1-22(2)9-3-8-19-16-15-14(10-23-17(15)21-11-20-16)12-4-6-13(18)7-5-12/h4-7,10-11H,3,8-9H2,1-2H3,(H,19,20,21)/p+1. The largest absolute Gasteiger partial charge is 0.369 e. The second-order valence-corrected chi connectivity index (χ2v) is 6.65. The first kappa shape index (κ1) is 15.8. The van der Waals surface area contributed by atoms with E-state index in [1.54, 1.807) is 29.8 Å². The molecule has 0 aliphatic rings. The number of benzene rings is 1. The van der Waals surface area contributed by atoms with Gasteiger partial charge < -0.3 is 10.2 Å². The highest BCUT2D eigenvalue weighted by Gasteiger charge is 2.13. The van der Waals surface area contributed by atoms with Crippen LogP contribution in [0.25, 0.3) is 21.3 Å². The minimum atomic E-state index is -0.228. The van der Waals surface area contributed by atoms with Crippen molar-refractivity contribution in [1.82, 2.24) is 9.97 Å². The number of nitrogens with zero attached hydrogens (tertiary/aromatic N) is 2. The number of hydrogen-bond donors (Lipinski definition) is 2. The number of aromatic nitrogens is 2. The number of quaternary nitrogens is 1. The fourth-order valence-electron chi connectivity index (χ4n) is 2.50. The van der Waals surface area contributed by atoms with Crippen LogP contribution in [0.2, 0.25) is 0 Å². The second-order valence-electron chi connectivity index (χ2n) is 5.80. The highest BCUT2D eigenvalue weighted by atomic mass is 32.1. The van der Waals surface area contributed by atoms with Gasteiger partial charge >= 0.3 is 0 Å². The second kappa shape index (κ2) is 7.02. The lowest BCUT2D eigenvalue weighted by Crippen LogP contribution is -3.05. The van der Waals surface area contributed by atoms with Crippen LogP contribution in [0, 0.1) is 5.82 Å². The van der Waals surface area contributed by atoms with Gasteiger partial charge in [0.25, 0.3) is 0 Å². The van der Waals surface area contributed by atoms with E-state index < -0.39 is 0 Å². The first-order valence-corrected chi connectivity index (χ1v) is 8.54. The van der Waals surface area contributed by atoms with Crippen LogP contribution in [0.1, 0.15) is 6.42 Å². The highest BCUT2D eigenvalue weighted by Crippen LogP contribution is 2.36. The van der Waals surface area contributed by atoms with Crippen molar-refractivity contribution < 1.29 is 9.29 Å². The van der Waals surface area contributed by atoms with E-state index in [2.05, 4.69) is 34.8 Å². The molecule has 0 aliphatic heterocycles. The van der Waals surface area contributed by atoms with Gasteiger partial charge in [-0.1, -0.05) is 12.1 Å². The fraction of sp³-hybridized carbons (Fsp3) is 0.294. The molecule has 0 saturated heterocycles. The average molecular weight is 331 g/mol. The van der Waals surface area contributed by atoms with Crippen molar-refractivity contribution in [3.63, 3.8) is 0 Å². The van der Waals surface area contributed by atoms with Crippen LogP contribution in [0.3, 0.4) is 0 Å². The lowest BCUT2D eigenvalue weighted by Gasteiger charge is -2.10. The first-order valence-electron chi connectivity index (χ1n) is 7.66. The molecule has 6 heteroatoms. The molecule has 0 saturated carbocycles. The normalized spacial score (nSPS) is 11.3. The summed E-state index contributed by atoms with van der Waals surface area (Å²) in [6.45, 7) is 1.98. The molecule has 1 aromatic carbocycles. The summed E-state index contributed by atoms with van der Waals surface area (Å²) in [4.78, 5) is 11.1. The molecule has 3 rings (SSSR count). The van der Waals surface area contributed by atoms with Crippen LogP contribution in [0.5, 0.6) is 0 Å².